The lowest BCUT2D eigenvalue weighted by molar-refractivity contribution is 0.0698. The second kappa shape index (κ2) is 7.20. The fourth-order valence-corrected chi connectivity index (χ4v) is 2.09. The van der Waals surface area contributed by atoms with Gasteiger partial charge in [0.2, 0.25) is 0 Å². The summed E-state index contributed by atoms with van der Waals surface area (Å²) < 4.78 is 5.51. The van der Waals surface area contributed by atoms with Crippen LogP contribution < -0.4 is 10.1 Å². The molecule has 0 atom stereocenters. The zero-order valence-electron chi connectivity index (χ0n) is 11.0. The van der Waals surface area contributed by atoms with Crippen molar-refractivity contribution in [1.82, 2.24) is 0 Å². The Bertz CT molecular complexity index is 647. The summed E-state index contributed by atoms with van der Waals surface area (Å²) in [6, 6.07) is 11.7. The highest BCUT2D eigenvalue weighted by Crippen LogP contribution is 2.27. The first-order valence-electron chi connectivity index (χ1n) is 6.22. The Hall–Kier alpha value is -1.91. The van der Waals surface area contributed by atoms with Gasteiger partial charge >= 0.3 is 5.97 Å². The van der Waals surface area contributed by atoms with E-state index in [0.29, 0.717) is 34.6 Å². The molecule has 4 nitrogen and oxygen atoms in total. The van der Waals surface area contributed by atoms with Crippen molar-refractivity contribution in [2.75, 3.05) is 18.5 Å². The molecule has 0 amide bonds. The van der Waals surface area contributed by atoms with E-state index in [9.17, 15) is 4.79 Å². The summed E-state index contributed by atoms with van der Waals surface area (Å²) in [5, 5.41) is 13.1. The maximum atomic E-state index is 11.1. The lowest BCUT2D eigenvalue weighted by atomic mass is 10.2. The molecule has 110 valence electrons. The van der Waals surface area contributed by atoms with Crippen LogP contribution in [0.4, 0.5) is 5.69 Å². The van der Waals surface area contributed by atoms with Crippen molar-refractivity contribution >= 4 is 34.9 Å². The maximum Gasteiger partial charge on any atom is 0.337 e. The second-order valence-corrected chi connectivity index (χ2v) is 5.04. The fourth-order valence-electron chi connectivity index (χ4n) is 1.76. The Morgan fingerprint density at radius 1 is 1.19 bits per heavy atom. The van der Waals surface area contributed by atoms with Crippen LogP contribution >= 0.6 is 23.2 Å². The van der Waals surface area contributed by atoms with Crippen LogP contribution in [0.1, 0.15) is 10.4 Å². The molecule has 6 heteroatoms. The maximum absolute atomic E-state index is 11.1. The molecule has 2 aromatic carbocycles. The minimum atomic E-state index is -0.975. The zero-order valence-corrected chi connectivity index (χ0v) is 12.5. The van der Waals surface area contributed by atoms with E-state index in [1.807, 2.05) is 0 Å². The van der Waals surface area contributed by atoms with E-state index in [2.05, 4.69) is 5.32 Å². The van der Waals surface area contributed by atoms with Crippen LogP contribution in [0.3, 0.4) is 0 Å². The van der Waals surface area contributed by atoms with Gasteiger partial charge < -0.3 is 15.2 Å². The van der Waals surface area contributed by atoms with Crippen molar-refractivity contribution in [1.29, 1.82) is 0 Å². The van der Waals surface area contributed by atoms with Gasteiger partial charge in [0.25, 0.3) is 0 Å². The number of ether oxygens (including phenoxy) is 1. The summed E-state index contributed by atoms with van der Waals surface area (Å²) in [5.41, 5.74) is 0.768. The van der Waals surface area contributed by atoms with E-state index in [1.165, 1.54) is 0 Å². The molecule has 0 saturated carbocycles. The summed E-state index contributed by atoms with van der Waals surface area (Å²) >= 11 is 11.8. The molecule has 0 radical (unpaired) electrons. The van der Waals surface area contributed by atoms with Crippen LogP contribution in [0.2, 0.25) is 10.0 Å². The molecule has 2 rings (SSSR count). The number of carboxylic acids is 1. The van der Waals surface area contributed by atoms with Gasteiger partial charge in [-0.3, -0.25) is 0 Å². The average molecular weight is 326 g/mol. The van der Waals surface area contributed by atoms with Gasteiger partial charge in [-0.2, -0.15) is 0 Å². The molecule has 0 aliphatic carbocycles. The van der Waals surface area contributed by atoms with Crippen molar-refractivity contribution < 1.29 is 14.6 Å². The first-order valence-corrected chi connectivity index (χ1v) is 6.97. The van der Waals surface area contributed by atoms with E-state index in [-0.39, 0.29) is 5.56 Å². The number of nitrogens with one attached hydrogen (secondary N) is 1. The number of aromatic carboxylic acids is 1. The van der Waals surface area contributed by atoms with Gasteiger partial charge in [0, 0.05) is 23.3 Å². The predicted octanol–water partition coefficient (Wildman–Crippen LogP) is 4.18. The largest absolute Gasteiger partial charge is 0.490 e. The molecule has 0 saturated heterocycles. The first kappa shape index (κ1) is 15.5. The molecule has 0 aliphatic rings. The first-order chi connectivity index (χ1) is 10.1. The third-order valence-corrected chi connectivity index (χ3v) is 3.27. The Labute approximate surface area is 132 Å². The Kier molecular flexibility index (Phi) is 5.31. The third-order valence-electron chi connectivity index (χ3n) is 2.73. The van der Waals surface area contributed by atoms with Crippen LogP contribution in [0.25, 0.3) is 0 Å². The van der Waals surface area contributed by atoms with E-state index >= 15 is 0 Å². The number of para-hydroxylation sites is 1. The molecule has 0 aliphatic heterocycles. The highest BCUT2D eigenvalue weighted by atomic mass is 35.5. The number of anilines is 1. The number of benzene rings is 2. The van der Waals surface area contributed by atoms with Gasteiger partial charge in [-0.1, -0.05) is 35.3 Å². The summed E-state index contributed by atoms with van der Waals surface area (Å²) in [5.74, 6) is -0.477. The highest BCUT2D eigenvalue weighted by Gasteiger charge is 2.08. The van der Waals surface area contributed by atoms with Gasteiger partial charge in [0.1, 0.15) is 12.4 Å². The predicted molar refractivity (Wildman–Crippen MR) is 83.8 cm³/mol. The standard InChI is InChI=1S/C15H13Cl2NO3/c16-10-5-6-12(17)14(9-10)21-8-7-18-13-4-2-1-3-11(13)15(19)20/h1-6,9,18H,7-8H2,(H,19,20). The van der Waals surface area contributed by atoms with Gasteiger partial charge in [0.05, 0.1) is 10.6 Å². The van der Waals surface area contributed by atoms with Gasteiger partial charge in [0.15, 0.2) is 0 Å². The summed E-state index contributed by atoms with van der Waals surface area (Å²) in [6.07, 6.45) is 0. The minimum Gasteiger partial charge on any atom is -0.490 e. The van der Waals surface area contributed by atoms with Crippen molar-refractivity contribution in [3.05, 3.63) is 58.1 Å². The second-order valence-electron chi connectivity index (χ2n) is 4.20. The normalized spacial score (nSPS) is 10.2. The topological polar surface area (TPSA) is 58.6 Å². The van der Waals surface area contributed by atoms with Crippen LogP contribution in [-0.4, -0.2) is 24.2 Å². The number of carbonyl (C=O) groups is 1. The SMILES string of the molecule is O=C(O)c1ccccc1NCCOc1cc(Cl)ccc1Cl. The molecule has 2 aromatic rings. The number of rotatable bonds is 6. The van der Waals surface area contributed by atoms with Gasteiger partial charge in [-0.25, -0.2) is 4.79 Å². The highest BCUT2D eigenvalue weighted by molar-refractivity contribution is 6.34. The quantitative estimate of drug-likeness (QED) is 0.782. The lowest BCUT2D eigenvalue weighted by Crippen LogP contribution is -2.14. The van der Waals surface area contributed by atoms with Crippen molar-refractivity contribution in [2.45, 2.75) is 0 Å². The molecule has 2 N–H and O–H groups in total. The summed E-state index contributed by atoms with van der Waals surface area (Å²) in [4.78, 5) is 11.1. The van der Waals surface area contributed by atoms with E-state index in [4.69, 9.17) is 33.0 Å². The van der Waals surface area contributed by atoms with Crippen LogP contribution in [-0.2, 0) is 0 Å². The number of carboxylic acid groups (broad SMARTS) is 1. The Morgan fingerprint density at radius 2 is 1.95 bits per heavy atom. The molecule has 0 aromatic heterocycles. The molecule has 0 unspecified atom stereocenters. The van der Waals surface area contributed by atoms with Gasteiger partial charge in [-0.05, 0) is 24.3 Å². The lowest BCUT2D eigenvalue weighted by Gasteiger charge is -2.11. The molecule has 21 heavy (non-hydrogen) atoms. The van der Waals surface area contributed by atoms with Crippen molar-refractivity contribution in [2.24, 2.45) is 0 Å². The van der Waals surface area contributed by atoms with E-state index in [1.54, 1.807) is 42.5 Å². The molecule has 0 spiro atoms. The number of hydrogen-bond donors (Lipinski definition) is 2. The monoisotopic (exact) mass is 325 g/mol. The molecular weight excluding hydrogens is 313 g/mol. The van der Waals surface area contributed by atoms with Crippen LogP contribution in [0.5, 0.6) is 5.75 Å². The van der Waals surface area contributed by atoms with E-state index < -0.39 is 5.97 Å². The zero-order chi connectivity index (χ0) is 15.2. The van der Waals surface area contributed by atoms with E-state index in [0.717, 1.165) is 0 Å². The van der Waals surface area contributed by atoms with Crippen LogP contribution in [0.15, 0.2) is 42.5 Å². The Balaban J connectivity index is 1.91. The Morgan fingerprint density at radius 3 is 2.71 bits per heavy atom. The molecule has 0 fully saturated rings. The molecular formula is C15H13Cl2NO3. The molecule has 0 bridgehead atoms. The smallest absolute Gasteiger partial charge is 0.337 e. The minimum absolute atomic E-state index is 0.221. The van der Waals surface area contributed by atoms with Crippen LogP contribution in [0, 0.1) is 0 Å². The fraction of sp³-hybridized carbons (Fsp3) is 0.133. The third kappa shape index (κ3) is 4.28. The van der Waals surface area contributed by atoms with Crippen molar-refractivity contribution in [3.8, 4) is 5.75 Å². The molecule has 0 heterocycles. The average Bonchev–Trinajstić information content (AvgIpc) is 2.47. The number of hydrogen-bond acceptors (Lipinski definition) is 3. The number of halogens is 2. The van der Waals surface area contributed by atoms with Gasteiger partial charge in [-0.15, -0.1) is 0 Å². The van der Waals surface area contributed by atoms with Crippen molar-refractivity contribution in [3.63, 3.8) is 0 Å². The summed E-state index contributed by atoms with van der Waals surface area (Å²) in [6.45, 7) is 0.765. The summed E-state index contributed by atoms with van der Waals surface area (Å²) in [7, 11) is 0.